The highest BCUT2D eigenvalue weighted by Gasteiger charge is 2.44. The van der Waals surface area contributed by atoms with Gasteiger partial charge in [0.05, 0.1) is 28.7 Å². The number of thiazole rings is 1. The third-order valence-electron chi connectivity index (χ3n) is 8.44. The predicted molar refractivity (Wildman–Crippen MR) is 184 cm³/mol. The maximum absolute atomic E-state index is 14.0. The number of amides is 3. The number of aryl methyl sites for hydroxylation is 1. The van der Waals surface area contributed by atoms with E-state index in [9.17, 15) is 19.5 Å². The van der Waals surface area contributed by atoms with Gasteiger partial charge in [-0.2, -0.15) is 0 Å². The first-order valence-electron chi connectivity index (χ1n) is 16.6. The summed E-state index contributed by atoms with van der Waals surface area (Å²) in [6, 6.07) is 6.26. The van der Waals surface area contributed by atoms with Crippen LogP contribution < -0.4 is 22.1 Å². The molecule has 1 aliphatic rings. The Balaban J connectivity index is 1.63. The number of nitrogens with one attached hydrogen (secondary N) is 2. The van der Waals surface area contributed by atoms with E-state index in [-0.39, 0.29) is 37.2 Å². The second kappa shape index (κ2) is 18.4. The zero-order valence-corrected chi connectivity index (χ0v) is 28.9. The number of aromatic nitrogens is 1. The van der Waals surface area contributed by atoms with Crippen molar-refractivity contribution in [2.24, 2.45) is 16.9 Å². The minimum Gasteiger partial charge on any atom is -0.391 e. The van der Waals surface area contributed by atoms with E-state index in [1.165, 1.54) is 4.90 Å². The molecular formula is C34H55N7O4S. The Bertz CT molecular complexity index is 1230. The maximum Gasteiger partial charge on any atom is 0.246 e. The summed E-state index contributed by atoms with van der Waals surface area (Å²) in [6.07, 6.45) is 5.11. The molecular weight excluding hydrogens is 602 g/mol. The zero-order chi connectivity index (χ0) is 33.7. The average molecular weight is 658 g/mol. The van der Waals surface area contributed by atoms with Crippen LogP contribution in [0.1, 0.15) is 77.0 Å². The van der Waals surface area contributed by atoms with E-state index in [0.717, 1.165) is 73.3 Å². The first-order valence-corrected chi connectivity index (χ1v) is 17.5. The molecule has 1 aromatic carbocycles. The quantitative estimate of drug-likeness (QED) is 0.153. The molecule has 0 spiro atoms. The summed E-state index contributed by atoms with van der Waals surface area (Å²) in [5, 5.41) is 16.5. The average Bonchev–Trinajstić information content (AvgIpc) is 3.63. The third-order valence-corrected chi connectivity index (χ3v) is 9.41. The minimum absolute atomic E-state index is 0.0384. The highest BCUT2D eigenvalue weighted by atomic mass is 32.1. The van der Waals surface area contributed by atoms with Crippen LogP contribution in [0.3, 0.4) is 0 Å². The molecule has 0 bridgehead atoms. The van der Waals surface area contributed by atoms with Crippen LogP contribution in [0, 0.1) is 12.3 Å². The molecule has 0 radical (unpaired) electrons. The summed E-state index contributed by atoms with van der Waals surface area (Å²) in [5.41, 5.74) is 15.5. The molecule has 1 saturated heterocycles. The second-order valence-electron chi connectivity index (χ2n) is 13.4. The Morgan fingerprint density at radius 3 is 2.22 bits per heavy atom. The molecule has 2 aromatic rings. The molecule has 1 aromatic heterocycles. The van der Waals surface area contributed by atoms with E-state index < -0.39 is 23.6 Å². The molecule has 3 amide bonds. The van der Waals surface area contributed by atoms with Crippen LogP contribution in [-0.4, -0.2) is 95.1 Å². The van der Waals surface area contributed by atoms with E-state index in [1.807, 2.05) is 57.5 Å². The Kier molecular flexibility index (Phi) is 15.1. The molecule has 0 aliphatic carbocycles. The van der Waals surface area contributed by atoms with Crippen molar-refractivity contribution in [2.45, 2.75) is 97.4 Å². The first kappa shape index (κ1) is 37.6. The monoisotopic (exact) mass is 657 g/mol. The molecule has 11 nitrogen and oxygen atoms in total. The van der Waals surface area contributed by atoms with Gasteiger partial charge in [-0.15, -0.1) is 11.3 Å². The second-order valence-corrected chi connectivity index (χ2v) is 14.3. The van der Waals surface area contributed by atoms with Crippen molar-refractivity contribution in [1.29, 1.82) is 0 Å². The van der Waals surface area contributed by atoms with Gasteiger partial charge in [0.2, 0.25) is 17.7 Å². The molecule has 7 N–H and O–H groups in total. The molecule has 3 atom stereocenters. The van der Waals surface area contributed by atoms with Crippen molar-refractivity contribution in [2.75, 3.05) is 39.3 Å². The Morgan fingerprint density at radius 2 is 1.67 bits per heavy atom. The molecule has 0 saturated carbocycles. The van der Waals surface area contributed by atoms with Gasteiger partial charge in [0, 0.05) is 19.5 Å². The lowest BCUT2D eigenvalue weighted by molar-refractivity contribution is -0.144. The van der Waals surface area contributed by atoms with Gasteiger partial charge in [-0.05, 0) is 75.3 Å². The number of aliphatic hydroxyl groups excluding tert-OH is 1. The lowest BCUT2D eigenvalue weighted by Crippen LogP contribution is -2.58. The molecule has 256 valence electrons. The van der Waals surface area contributed by atoms with Gasteiger partial charge in [0.1, 0.15) is 12.1 Å². The van der Waals surface area contributed by atoms with E-state index in [0.29, 0.717) is 19.6 Å². The predicted octanol–water partition coefficient (Wildman–Crippen LogP) is 2.79. The fourth-order valence-corrected chi connectivity index (χ4v) is 6.58. The van der Waals surface area contributed by atoms with Crippen molar-refractivity contribution in [3.05, 3.63) is 41.0 Å². The van der Waals surface area contributed by atoms with Gasteiger partial charge in [-0.3, -0.25) is 19.3 Å². The summed E-state index contributed by atoms with van der Waals surface area (Å²) in [4.78, 5) is 49.7. The number of benzene rings is 1. The SMILES string of the molecule is Cc1ncsc1-c1ccc(CNC(=O)[C@@H]2C[C@@H](O)CN2C(=O)[C@@H](NC(=O)CN(CCCCCN)CCCCCN)C(C)(C)C)cc1. The van der Waals surface area contributed by atoms with Gasteiger partial charge in [0.15, 0.2) is 0 Å². The maximum atomic E-state index is 14.0. The Labute approximate surface area is 278 Å². The topological polar surface area (TPSA) is 167 Å². The fourth-order valence-electron chi connectivity index (χ4n) is 5.77. The number of hydrogen-bond acceptors (Lipinski definition) is 9. The van der Waals surface area contributed by atoms with Crippen LogP contribution in [0.15, 0.2) is 29.8 Å². The summed E-state index contributed by atoms with van der Waals surface area (Å²) >= 11 is 1.59. The lowest BCUT2D eigenvalue weighted by atomic mass is 9.85. The van der Waals surface area contributed by atoms with E-state index in [2.05, 4.69) is 20.5 Å². The largest absolute Gasteiger partial charge is 0.391 e. The molecule has 0 unspecified atom stereocenters. The van der Waals surface area contributed by atoms with Crippen LogP contribution in [0.4, 0.5) is 0 Å². The number of unbranched alkanes of at least 4 members (excludes halogenated alkanes) is 4. The minimum atomic E-state index is -0.861. The van der Waals surface area contributed by atoms with Gasteiger partial charge < -0.3 is 32.1 Å². The molecule has 12 heteroatoms. The molecule has 46 heavy (non-hydrogen) atoms. The van der Waals surface area contributed by atoms with Crippen LogP contribution in [0.2, 0.25) is 0 Å². The summed E-state index contributed by atoms with van der Waals surface area (Å²) < 4.78 is 0. The number of carbonyl (C=O) groups excluding carboxylic acids is 3. The van der Waals surface area contributed by atoms with Crippen LogP contribution in [-0.2, 0) is 20.9 Å². The Hall–Kier alpha value is -2.90. The molecule has 1 fully saturated rings. The first-order chi connectivity index (χ1) is 21.9. The Morgan fingerprint density at radius 1 is 1.04 bits per heavy atom. The van der Waals surface area contributed by atoms with Gasteiger partial charge >= 0.3 is 0 Å². The third kappa shape index (κ3) is 11.4. The highest BCUT2D eigenvalue weighted by Crippen LogP contribution is 2.28. The molecule has 2 heterocycles. The lowest BCUT2D eigenvalue weighted by Gasteiger charge is -2.36. The zero-order valence-electron chi connectivity index (χ0n) is 28.1. The standard InChI is InChI=1S/C34H55N7O4S/c1-24-30(46-23-38-24)26-13-11-25(12-14-26)20-37-32(44)28-19-27(42)21-41(28)33(45)31(34(2,3)4)39-29(43)22-40(17-9-5-7-15-35)18-10-6-8-16-36/h11-14,23,27-28,31,42H,5-10,15-22,35-36H2,1-4H3,(H,37,44)(H,39,43)/t27-,28+,31-/m1/s1. The summed E-state index contributed by atoms with van der Waals surface area (Å²) in [7, 11) is 0. The number of hydrogen-bond donors (Lipinski definition) is 5. The normalized spacial score (nSPS) is 17.3. The molecule has 1 aliphatic heterocycles. The van der Waals surface area contributed by atoms with Crippen molar-refractivity contribution >= 4 is 29.1 Å². The van der Waals surface area contributed by atoms with E-state index >= 15 is 0 Å². The summed E-state index contributed by atoms with van der Waals surface area (Å²) in [5.74, 6) is -0.921. The number of likely N-dealkylation sites (tertiary alicyclic amines) is 1. The van der Waals surface area contributed by atoms with Crippen molar-refractivity contribution in [1.82, 2.24) is 25.4 Å². The number of carbonyl (C=O) groups is 3. The van der Waals surface area contributed by atoms with Crippen molar-refractivity contribution in [3.63, 3.8) is 0 Å². The van der Waals surface area contributed by atoms with Gasteiger partial charge in [-0.1, -0.05) is 57.9 Å². The van der Waals surface area contributed by atoms with Gasteiger partial charge in [0.25, 0.3) is 0 Å². The number of β-amino-alcohol motifs (C(OH)–C–C–N with tert-alkyl or cyclic N) is 1. The van der Waals surface area contributed by atoms with E-state index in [1.54, 1.807) is 11.3 Å². The van der Waals surface area contributed by atoms with Crippen LogP contribution in [0.5, 0.6) is 0 Å². The summed E-state index contributed by atoms with van der Waals surface area (Å²) in [6.45, 7) is 11.0. The van der Waals surface area contributed by atoms with E-state index in [4.69, 9.17) is 11.5 Å². The van der Waals surface area contributed by atoms with Crippen LogP contribution >= 0.6 is 11.3 Å². The highest BCUT2D eigenvalue weighted by molar-refractivity contribution is 7.13. The smallest absolute Gasteiger partial charge is 0.246 e. The number of nitrogens with zero attached hydrogens (tertiary/aromatic N) is 3. The van der Waals surface area contributed by atoms with Crippen LogP contribution in [0.25, 0.3) is 10.4 Å². The number of nitrogens with two attached hydrogens (primary N) is 2. The number of rotatable bonds is 18. The fraction of sp³-hybridized carbons (Fsp3) is 0.647. The van der Waals surface area contributed by atoms with Crippen molar-refractivity contribution in [3.8, 4) is 10.4 Å². The number of aliphatic hydroxyl groups is 1. The molecule has 3 rings (SSSR count). The van der Waals surface area contributed by atoms with Gasteiger partial charge in [-0.25, -0.2) is 4.98 Å². The van der Waals surface area contributed by atoms with Crippen molar-refractivity contribution < 1.29 is 19.5 Å².